The zero-order valence-corrected chi connectivity index (χ0v) is 19.2. The van der Waals surface area contributed by atoms with Gasteiger partial charge < -0.3 is 11.1 Å². The molecule has 0 heterocycles. The molecule has 31 heavy (non-hydrogen) atoms. The molecule has 2 amide bonds. The van der Waals surface area contributed by atoms with Crippen LogP contribution in [0.4, 0.5) is 0 Å². The molecule has 168 valence electrons. The molecule has 5 saturated carbocycles. The smallest absolute Gasteiger partial charge is 0.244 e. The van der Waals surface area contributed by atoms with Crippen molar-refractivity contribution >= 4 is 45.0 Å². The van der Waals surface area contributed by atoms with E-state index in [1.807, 2.05) is 0 Å². The van der Waals surface area contributed by atoms with Crippen molar-refractivity contribution < 1.29 is 18.0 Å². The van der Waals surface area contributed by atoms with Gasteiger partial charge >= 0.3 is 0 Å². The van der Waals surface area contributed by atoms with Crippen LogP contribution in [0.1, 0.15) is 44.9 Å². The second-order valence-electron chi connectivity index (χ2n) is 9.85. The van der Waals surface area contributed by atoms with E-state index in [1.54, 1.807) is 6.07 Å². The molecule has 7 nitrogen and oxygen atoms in total. The minimum Gasteiger partial charge on any atom is -0.369 e. The van der Waals surface area contributed by atoms with Crippen molar-refractivity contribution in [2.45, 2.75) is 61.4 Å². The summed E-state index contributed by atoms with van der Waals surface area (Å²) in [6.45, 7) is 0. The van der Waals surface area contributed by atoms with Gasteiger partial charge in [0.1, 0.15) is 10.4 Å². The zero-order valence-electron chi connectivity index (χ0n) is 16.9. The Kier molecular flexibility index (Phi) is 4.90. The standard InChI is InChI=1S/C21H25Cl2N3O4S/c22-14-2-1-3-15(23)17(14)31(29,30)26-21(4-5-21)19(28)25-16-12-6-11-7-13(16)10-20(8-11,9-12)18(24)27/h1-3,11-13,16,26H,4-10H2,(H2,24,27)(H,25,28). The second kappa shape index (κ2) is 7.07. The Morgan fingerprint density at radius 3 is 2.13 bits per heavy atom. The lowest BCUT2D eigenvalue weighted by atomic mass is 9.47. The number of hydrogen-bond donors (Lipinski definition) is 3. The topological polar surface area (TPSA) is 118 Å². The van der Waals surface area contributed by atoms with Gasteiger partial charge in [0.25, 0.3) is 0 Å². The van der Waals surface area contributed by atoms with E-state index < -0.39 is 21.0 Å². The number of nitrogens with one attached hydrogen (secondary N) is 2. The largest absolute Gasteiger partial charge is 0.369 e. The first-order chi connectivity index (χ1) is 14.6. The van der Waals surface area contributed by atoms with E-state index in [-0.39, 0.29) is 44.6 Å². The van der Waals surface area contributed by atoms with Crippen LogP contribution in [0.25, 0.3) is 0 Å². The molecule has 0 saturated heterocycles. The third-order valence-electron chi connectivity index (χ3n) is 7.80. The lowest BCUT2D eigenvalue weighted by Crippen LogP contribution is -2.64. The monoisotopic (exact) mass is 485 g/mol. The highest BCUT2D eigenvalue weighted by Crippen LogP contribution is 2.60. The van der Waals surface area contributed by atoms with E-state index in [2.05, 4.69) is 10.0 Å². The number of benzene rings is 1. The number of carbonyl (C=O) groups excluding carboxylic acids is 2. The van der Waals surface area contributed by atoms with Crippen molar-refractivity contribution in [2.75, 3.05) is 0 Å². The first-order valence-corrected chi connectivity index (χ1v) is 12.9. The van der Waals surface area contributed by atoms with Gasteiger partial charge in [-0.25, -0.2) is 8.42 Å². The van der Waals surface area contributed by atoms with Crippen LogP contribution in [0.3, 0.4) is 0 Å². The fourth-order valence-corrected chi connectivity index (χ4v) is 8.97. The van der Waals surface area contributed by atoms with Crippen molar-refractivity contribution in [1.29, 1.82) is 0 Å². The summed E-state index contributed by atoms with van der Waals surface area (Å²) in [4.78, 5) is 25.1. The molecule has 0 radical (unpaired) electrons. The van der Waals surface area contributed by atoms with Crippen molar-refractivity contribution in [3.8, 4) is 0 Å². The Hall–Kier alpha value is -1.35. The van der Waals surface area contributed by atoms with E-state index in [4.69, 9.17) is 28.9 Å². The number of primary amides is 1. The summed E-state index contributed by atoms with van der Waals surface area (Å²) in [5.41, 5.74) is 4.13. The molecule has 10 heteroatoms. The normalized spacial score (nSPS) is 35.0. The number of nitrogens with two attached hydrogens (primary N) is 1. The first kappa shape index (κ1) is 21.5. The SMILES string of the molecule is NC(=O)C12CC3CC(C1)C(NC(=O)C1(NS(=O)(=O)c4c(Cl)cccc4Cl)CC1)C(C3)C2. The number of halogens is 2. The summed E-state index contributed by atoms with van der Waals surface area (Å²) in [5.74, 6) is 0.347. The number of carbonyl (C=O) groups is 2. The molecule has 5 fully saturated rings. The van der Waals surface area contributed by atoms with Crippen LogP contribution in [0.15, 0.2) is 23.1 Å². The number of sulfonamides is 1. The quantitative estimate of drug-likeness (QED) is 0.573. The Balaban J connectivity index is 1.33. The minimum atomic E-state index is -4.08. The molecule has 0 aromatic heterocycles. The van der Waals surface area contributed by atoms with Gasteiger partial charge in [0.05, 0.1) is 10.0 Å². The van der Waals surface area contributed by atoms with Gasteiger partial charge in [-0.15, -0.1) is 0 Å². The summed E-state index contributed by atoms with van der Waals surface area (Å²) in [6.07, 6.45) is 5.04. The van der Waals surface area contributed by atoms with E-state index in [9.17, 15) is 18.0 Å². The van der Waals surface area contributed by atoms with Crippen molar-refractivity contribution in [2.24, 2.45) is 28.9 Å². The third-order valence-corrected chi connectivity index (χ3v) is 10.3. The third kappa shape index (κ3) is 3.46. The molecule has 4 bridgehead atoms. The van der Waals surface area contributed by atoms with Gasteiger partial charge in [-0.2, -0.15) is 4.72 Å². The van der Waals surface area contributed by atoms with Crippen LogP contribution in [0, 0.1) is 23.2 Å². The Morgan fingerprint density at radius 2 is 1.61 bits per heavy atom. The van der Waals surface area contributed by atoms with Gasteiger partial charge in [-0.3, -0.25) is 9.59 Å². The lowest BCUT2D eigenvalue weighted by Gasteiger charge is -2.59. The lowest BCUT2D eigenvalue weighted by molar-refractivity contribution is -0.147. The van der Waals surface area contributed by atoms with Crippen LogP contribution in [0.5, 0.6) is 0 Å². The van der Waals surface area contributed by atoms with Gasteiger partial charge in [-0.05, 0) is 74.8 Å². The van der Waals surface area contributed by atoms with Gasteiger partial charge in [0.2, 0.25) is 21.8 Å². The minimum absolute atomic E-state index is 0.00833. The highest BCUT2D eigenvalue weighted by Gasteiger charge is 2.60. The van der Waals surface area contributed by atoms with Crippen molar-refractivity contribution in [3.63, 3.8) is 0 Å². The maximum atomic E-state index is 13.2. The average Bonchev–Trinajstić information content (AvgIpc) is 3.43. The second-order valence-corrected chi connectivity index (χ2v) is 12.3. The summed E-state index contributed by atoms with van der Waals surface area (Å²) < 4.78 is 28.5. The highest BCUT2D eigenvalue weighted by molar-refractivity contribution is 7.89. The molecule has 6 rings (SSSR count). The summed E-state index contributed by atoms with van der Waals surface area (Å²) in [5, 5.41) is 3.16. The number of amides is 2. The van der Waals surface area contributed by atoms with E-state index in [0.717, 1.165) is 19.3 Å². The van der Waals surface area contributed by atoms with Gasteiger partial charge in [0.15, 0.2) is 0 Å². The van der Waals surface area contributed by atoms with Gasteiger partial charge in [-0.1, -0.05) is 29.3 Å². The average molecular weight is 486 g/mol. The Morgan fingerprint density at radius 1 is 1.03 bits per heavy atom. The predicted molar refractivity (Wildman–Crippen MR) is 116 cm³/mol. The Bertz CT molecular complexity index is 1040. The Labute approximate surface area is 191 Å². The van der Waals surface area contributed by atoms with Crippen molar-refractivity contribution in [1.82, 2.24) is 10.0 Å². The predicted octanol–water partition coefficient (Wildman–Crippen LogP) is 2.60. The molecule has 2 atom stereocenters. The molecule has 1 aromatic carbocycles. The van der Waals surface area contributed by atoms with Crippen LogP contribution in [-0.4, -0.2) is 31.8 Å². The maximum absolute atomic E-state index is 13.2. The molecule has 1 aromatic rings. The fourth-order valence-electron chi connectivity index (χ4n) is 6.40. The fraction of sp³-hybridized carbons (Fsp3) is 0.619. The summed E-state index contributed by atoms with van der Waals surface area (Å²) in [7, 11) is -4.08. The molecule has 2 unspecified atom stereocenters. The summed E-state index contributed by atoms with van der Waals surface area (Å²) in [6, 6.07) is 4.41. The van der Waals surface area contributed by atoms with E-state index >= 15 is 0 Å². The van der Waals surface area contributed by atoms with Crippen LogP contribution < -0.4 is 15.8 Å². The number of rotatable bonds is 6. The highest BCUT2D eigenvalue weighted by atomic mass is 35.5. The van der Waals surface area contributed by atoms with Crippen molar-refractivity contribution in [3.05, 3.63) is 28.2 Å². The van der Waals surface area contributed by atoms with E-state index in [1.165, 1.54) is 12.1 Å². The molecule has 0 aliphatic heterocycles. The molecule has 0 spiro atoms. The summed E-state index contributed by atoms with van der Waals surface area (Å²) >= 11 is 12.2. The molecular weight excluding hydrogens is 461 g/mol. The van der Waals surface area contributed by atoms with Gasteiger partial charge in [0, 0.05) is 11.5 Å². The molecule has 5 aliphatic rings. The molecule has 5 aliphatic carbocycles. The maximum Gasteiger partial charge on any atom is 0.244 e. The molecular formula is C21H25Cl2N3O4S. The van der Waals surface area contributed by atoms with E-state index in [0.29, 0.717) is 31.6 Å². The molecule has 4 N–H and O–H groups in total. The van der Waals surface area contributed by atoms with Crippen LogP contribution in [-0.2, 0) is 19.6 Å². The first-order valence-electron chi connectivity index (χ1n) is 10.6. The van der Waals surface area contributed by atoms with Crippen LogP contribution >= 0.6 is 23.2 Å². The zero-order chi connectivity index (χ0) is 22.2. The number of hydrogen-bond acceptors (Lipinski definition) is 4. The van der Waals surface area contributed by atoms with Crippen LogP contribution in [0.2, 0.25) is 10.0 Å².